The van der Waals surface area contributed by atoms with E-state index in [-0.39, 0.29) is 5.91 Å². The number of hydrogen-bond donors (Lipinski definition) is 2. The van der Waals surface area contributed by atoms with E-state index in [1.54, 1.807) is 0 Å². The van der Waals surface area contributed by atoms with Crippen LogP contribution < -0.4 is 5.32 Å². The van der Waals surface area contributed by atoms with Crippen LogP contribution in [-0.2, 0) is 11.3 Å². The van der Waals surface area contributed by atoms with Crippen LogP contribution in [0.2, 0.25) is 0 Å². The Bertz CT molecular complexity index is 357. The van der Waals surface area contributed by atoms with Crippen LogP contribution in [0.1, 0.15) is 44.4 Å². The van der Waals surface area contributed by atoms with Crippen LogP contribution in [0.4, 0.5) is 0 Å². The van der Waals surface area contributed by atoms with E-state index < -0.39 is 6.10 Å². The van der Waals surface area contributed by atoms with Crippen molar-refractivity contribution >= 4 is 5.91 Å². The first-order valence-corrected chi connectivity index (χ1v) is 6.00. The van der Waals surface area contributed by atoms with Gasteiger partial charge in [-0.05, 0) is 23.5 Å². The summed E-state index contributed by atoms with van der Waals surface area (Å²) in [6.45, 7) is 6.22. The topological polar surface area (TPSA) is 49.3 Å². The summed E-state index contributed by atoms with van der Waals surface area (Å²) in [5.41, 5.74) is 1.98. The molecule has 1 amide bonds. The number of aliphatic hydroxyl groups excluding tert-OH is 1. The van der Waals surface area contributed by atoms with E-state index in [4.69, 9.17) is 0 Å². The molecular weight excluding hydrogens is 214 g/mol. The summed E-state index contributed by atoms with van der Waals surface area (Å²) in [4.78, 5) is 10.8. The van der Waals surface area contributed by atoms with Gasteiger partial charge < -0.3 is 10.4 Å². The molecule has 0 saturated heterocycles. The van der Waals surface area contributed by atoms with Crippen LogP contribution in [0, 0.1) is 5.92 Å². The monoisotopic (exact) mass is 235 g/mol. The maximum atomic E-state index is 10.8. The second-order valence-electron chi connectivity index (χ2n) is 4.80. The molecule has 0 bridgehead atoms. The van der Waals surface area contributed by atoms with Crippen LogP contribution in [0.5, 0.6) is 0 Å². The molecule has 0 aliphatic carbocycles. The van der Waals surface area contributed by atoms with E-state index in [1.807, 2.05) is 24.3 Å². The summed E-state index contributed by atoms with van der Waals surface area (Å²) in [6.07, 6.45) is 0.371. The predicted octanol–water partition coefficient (Wildman–Crippen LogP) is 2.40. The van der Waals surface area contributed by atoms with E-state index in [0.29, 0.717) is 12.5 Å². The first-order chi connectivity index (χ1) is 7.99. The fourth-order valence-corrected chi connectivity index (χ4v) is 1.67. The van der Waals surface area contributed by atoms with Gasteiger partial charge in [0, 0.05) is 13.5 Å². The third-order valence-corrected chi connectivity index (χ3v) is 2.60. The van der Waals surface area contributed by atoms with Gasteiger partial charge in [-0.1, -0.05) is 38.1 Å². The molecule has 0 saturated carbocycles. The zero-order chi connectivity index (χ0) is 12.8. The van der Waals surface area contributed by atoms with Gasteiger partial charge in [-0.25, -0.2) is 0 Å². The summed E-state index contributed by atoms with van der Waals surface area (Å²) in [7, 11) is 0. The van der Waals surface area contributed by atoms with Crippen LogP contribution in [0.3, 0.4) is 0 Å². The molecule has 3 nitrogen and oxygen atoms in total. The molecule has 17 heavy (non-hydrogen) atoms. The quantitative estimate of drug-likeness (QED) is 0.823. The highest BCUT2D eigenvalue weighted by Gasteiger charge is 2.09. The summed E-state index contributed by atoms with van der Waals surface area (Å²) in [5.74, 6) is 0.443. The summed E-state index contributed by atoms with van der Waals surface area (Å²) < 4.78 is 0. The molecule has 1 unspecified atom stereocenters. The lowest BCUT2D eigenvalue weighted by molar-refractivity contribution is -0.119. The molecule has 3 heteroatoms. The number of rotatable bonds is 5. The molecular formula is C14H21NO2. The molecule has 0 aliphatic heterocycles. The van der Waals surface area contributed by atoms with E-state index in [9.17, 15) is 9.90 Å². The van der Waals surface area contributed by atoms with Gasteiger partial charge in [0.15, 0.2) is 0 Å². The third-order valence-electron chi connectivity index (χ3n) is 2.60. The molecule has 0 radical (unpaired) electrons. The summed E-state index contributed by atoms with van der Waals surface area (Å²) in [6, 6.07) is 7.72. The van der Waals surface area contributed by atoms with Crippen molar-refractivity contribution in [1.29, 1.82) is 0 Å². The third kappa shape index (κ3) is 5.00. The predicted molar refractivity (Wildman–Crippen MR) is 68.4 cm³/mol. The molecule has 1 atom stereocenters. The Morgan fingerprint density at radius 2 is 1.88 bits per heavy atom. The molecule has 1 rings (SSSR count). The highest BCUT2D eigenvalue weighted by molar-refractivity contribution is 5.72. The number of carbonyl (C=O) groups is 1. The first-order valence-electron chi connectivity index (χ1n) is 6.00. The lowest BCUT2D eigenvalue weighted by Gasteiger charge is -2.13. The van der Waals surface area contributed by atoms with Gasteiger partial charge in [0.05, 0.1) is 6.10 Å². The Balaban J connectivity index is 2.58. The van der Waals surface area contributed by atoms with Gasteiger partial charge in [-0.3, -0.25) is 4.79 Å². The lowest BCUT2D eigenvalue weighted by Crippen LogP contribution is -2.18. The zero-order valence-corrected chi connectivity index (χ0v) is 10.7. The SMILES string of the molecule is CC(=O)NCc1ccc(C(O)CC(C)C)cc1. The van der Waals surface area contributed by atoms with Gasteiger partial charge in [-0.2, -0.15) is 0 Å². The van der Waals surface area contributed by atoms with E-state index in [1.165, 1.54) is 6.92 Å². The molecule has 1 aromatic carbocycles. The van der Waals surface area contributed by atoms with Crippen molar-refractivity contribution in [2.75, 3.05) is 0 Å². The molecule has 0 fully saturated rings. The second kappa shape index (κ2) is 6.40. The van der Waals surface area contributed by atoms with Gasteiger partial charge in [-0.15, -0.1) is 0 Å². The minimum atomic E-state index is -0.398. The van der Waals surface area contributed by atoms with Crippen molar-refractivity contribution < 1.29 is 9.90 Å². The number of nitrogens with one attached hydrogen (secondary N) is 1. The average Bonchev–Trinajstić information content (AvgIpc) is 2.26. The molecule has 0 aromatic heterocycles. The Kier molecular flexibility index (Phi) is 5.16. The van der Waals surface area contributed by atoms with Crippen molar-refractivity contribution in [3.8, 4) is 0 Å². The Labute approximate surface area is 103 Å². The smallest absolute Gasteiger partial charge is 0.217 e. The molecule has 0 spiro atoms. The standard InChI is InChI=1S/C14H21NO2/c1-10(2)8-14(17)13-6-4-12(5-7-13)9-15-11(3)16/h4-7,10,14,17H,8-9H2,1-3H3,(H,15,16). The van der Waals surface area contributed by atoms with Gasteiger partial charge >= 0.3 is 0 Å². The number of carbonyl (C=O) groups excluding carboxylic acids is 1. The first kappa shape index (κ1) is 13.7. The number of aliphatic hydroxyl groups is 1. The number of hydrogen-bond acceptors (Lipinski definition) is 2. The van der Waals surface area contributed by atoms with Crippen molar-refractivity contribution in [3.63, 3.8) is 0 Å². The number of amides is 1. The minimum absolute atomic E-state index is 0.0334. The average molecular weight is 235 g/mol. The summed E-state index contributed by atoms with van der Waals surface area (Å²) >= 11 is 0. The Hall–Kier alpha value is -1.35. The lowest BCUT2D eigenvalue weighted by atomic mass is 9.99. The van der Waals surface area contributed by atoms with Crippen molar-refractivity contribution in [1.82, 2.24) is 5.32 Å². The maximum absolute atomic E-state index is 10.8. The fourth-order valence-electron chi connectivity index (χ4n) is 1.67. The van der Waals surface area contributed by atoms with Gasteiger partial charge in [0.25, 0.3) is 0 Å². The summed E-state index contributed by atoms with van der Waals surface area (Å²) in [5, 5.41) is 12.7. The normalized spacial score (nSPS) is 12.5. The van der Waals surface area contributed by atoms with Crippen LogP contribution in [0.25, 0.3) is 0 Å². The Morgan fingerprint density at radius 3 is 2.35 bits per heavy atom. The molecule has 0 heterocycles. The highest BCUT2D eigenvalue weighted by atomic mass is 16.3. The Morgan fingerprint density at radius 1 is 1.29 bits per heavy atom. The van der Waals surface area contributed by atoms with Crippen LogP contribution in [-0.4, -0.2) is 11.0 Å². The van der Waals surface area contributed by atoms with Crippen LogP contribution >= 0.6 is 0 Å². The van der Waals surface area contributed by atoms with E-state index in [0.717, 1.165) is 17.5 Å². The van der Waals surface area contributed by atoms with Crippen molar-refractivity contribution in [2.45, 2.75) is 39.8 Å². The minimum Gasteiger partial charge on any atom is -0.388 e. The highest BCUT2D eigenvalue weighted by Crippen LogP contribution is 2.21. The van der Waals surface area contributed by atoms with Gasteiger partial charge in [0.1, 0.15) is 0 Å². The largest absolute Gasteiger partial charge is 0.388 e. The van der Waals surface area contributed by atoms with Crippen molar-refractivity contribution in [3.05, 3.63) is 35.4 Å². The van der Waals surface area contributed by atoms with Crippen molar-refractivity contribution in [2.24, 2.45) is 5.92 Å². The second-order valence-corrected chi connectivity index (χ2v) is 4.80. The van der Waals surface area contributed by atoms with E-state index >= 15 is 0 Å². The molecule has 1 aromatic rings. The van der Waals surface area contributed by atoms with Crippen LogP contribution in [0.15, 0.2) is 24.3 Å². The molecule has 2 N–H and O–H groups in total. The fraction of sp³-hybridized carbons (Fsp3) is 0.500. The zero-order valence-electron chi connectivity index (χ0n) is 10.7. The maximum Gasteiger partial charge on any atom is 0.217 e. The van der Waals surface area contributed by atoms with E-state index in [2.05, 4.69) is 19.2 Å². The molecule has 94 valence electrons. The number of benzene rings is 1. The van der Waals surface area contributed by atoms with Gasteiger partial charge in [0.2, 0.25) is 5.91 Å². The molecule has 0 aliphatic rings.